The number of benzene rings is 4. The van der Waals surface area contributed by atoms with Crippen LogP contribution in [-0.2, 0) is 10.8 Å². The van der Waals surface area contributed by atoms with E-state index in [4.69, 9.17) is 0 Å². The van der Waals surface area contributed by atoms with Gasteiger partial charge in [0.25, 0.3) is 0 Å². The monoisotopic (exact) mass is 450 g/mol. The van der Waals surface area contributed by atoms with Crippen LogP contribution >= 0.6 is 0 Å². The van der Waals surface area contributed by atoms with Crippen LogP contribution < -0.4 is 0 Å². The van der Waals surface area contributed by atoms with E-state index in [1.54, 1.807) is 0 Å². The Labute approximate surface area is 208 Å². The number of allylic oxidation sites excluding steroid dienone is 2. The highest BCUT2D eigenvalue weighted by Gasteiger charge is 2.55. The minimum absolute atomic E-state index is 0.0481. The molecule has 35 heavy (non-hydrogen) atoms. The van der Waals surface area contributed by atoms with Gasteiger partial charge in [0, 0.05) is 10.8 Å². The third-order valence-corrected chi connectivity index (χ3v) is 9.84. The van der Waals surface area contributed by atoms with Gasteiger partial charge in [0.15, 0.2) is 0 Å². The van der Waals surface area contributed by atoms with Gasteiger partial charge in [-0.3, -0.25) is 0 Å². The minimum Gasteiger partial charge on any atom is -0.0723 e. The van der Waals surface area contributed by atoms with Gasteiger partial charge < -0.3 is 0 Å². The second kappa shape index (κ2) is 6.85. The van der Waals surface area contributed by atoms with Crippen LogP contribution in [0.25, 0.3) is 22.3 Å². The molecular weight excluding hydrogens is 420 g/mol. The standard InChI is InChI=1S/C35H30/c1-5-15-29-25(11-1)26-12-2-6-16-30(26)34(29)21-22-35(24-33(23-34)19-9-10-20-33)31-17-7-3-13-27(31)28-14-4-8-18-32(28)35/h1-8,11-18,21-22H,9-10,19-20,23-24H2. The summed E-state index contributed by atoms with van der Waals surface area (Å²) in [4.78, 5) is 0. The molecule has 0 heterocycles. The lowest BCUT2D eigenvalue weighted by Crippen LogP contribution is -2.34. The lowest BCUT2D eigenvalue weighted by Gasteiger charge is -2.41. The maximum absolute atomic E-state index is 2.66. The van der Waals surface area contributed by atoms with E-state index in [9.17, 15) is 0 Å². The molecular formula is C35H30. The minimum atomic E-state index is -0.0481. The molecule has 0 nitrogen and oxygen atoms in total. The molecule has 0 unspecified atom stereocenters. The lowest BCUT2D eigenvalue weighted by atomic mass is 9.62. The molecule has 0 aromatic heterocycles. The summed E-state index contributed by atoms with van der Waals surface area (Å²) in [5.74, 6) is 0. The normalized spacial score (nSPS) is 21.0. The summed E-state index contributed by atoms with van der Waals surface area (Å²) in [6, 6.07) is 36.9. The van der Waals surface area contributed by atoms with Gasteiger partial charge in [-0.25, -0.2) is 0 Å². The maximum Gasteiger partial charge on any atom is 0.0399 e. The van der Waals surface area contributed by atoms with Gasteiger partial charge in [-0.2, -0.15) is 0 Å². The Morgan fingerprint density at radius 3 is 1.06 bits per heavy atom. The molecule has 3 spiro atoms. The predicted molar refractivity (Wildman–Crippen MR) is 145 cm³/mol. The van der Waals surface area contributed by atoms with Crippen molar-refractivity contribution in [1.29, 1.82) is 0 Å². The largest absolute Gasteiger partial charge is 0.0723 e. The van der Waals surface area contributed by atoms with Crippen LogP contribution in [0.2, 0.25) is 0 Å². The molecule has 4 aliphatic rings. The zero-order valence-electron chi connectivity index (χ0n) is 20.1. The summed E-state index contributed by atoms with van der Waals surface area (Å²) in [6.45, 7) is 0. The number of hydrogen-bond donors (Lipinski definition) is 0. The molecule has 1 fully saturated rings. The number of fused-ring (bicyclic) bond motifs is 10. The summed E-state index contributed by atoms with van der Waals surface area (Å²) in [5.41, 5.74) is 12.0. The lowest BCUT2D eigenvalue weighted by molar-refractivity contribution is 0.198. The quantitative estimate of drug-likeness (QED) is 0.235. The Hall–Kier alpha value is -3.38. The van der Waals surface area contributed by atoms with Crippen molar-refractivity contribution in [1.82, 2.24) is 0 Å². The van der Waals surface area contributed by atoms with Crippen LogP contribution in [0.3, 0.4) is 0 Å². The first kappa shape index (κ1) is 19.9. The third kappa shape index (κ3) is 2.48. The van der Waals surface area contributed by atoms with E-state index < -0.39 is 0 Å². The second-order valence-corrected chi connectivity index (χ2v) is 11.5. The average Bonchev–Trinajstić information content (AvgIpc) is 3.52. The highest BCUT2D eigenvalue weighted by Crippen LogP contribution is 2.65. The number of hydrogen-bond acceptors (Lipinski definition) is 0. The van der Waals surface area contributed by atoms with Crippen molar-refractivity contribution >= 4 is 0 Å². The van der Waals surface area contributed by atoms with Gasteiger partial charge in [-0.1, -0.05) is 122 Å². The van der Waals surface area contributed by atoms with E-state index in [2.05, 4.69) is 109 Å². The molecule has 8 rings (SSSR count). The molecule has 4 aromatic rings. The van der Waals surface area contributed by atoms with E-state index >= 15 is 0 Å². The summed E-state index contributed by atoms with van der Waals surface area (Å²) in [5, 5.41) is 0. The molecule has 4 aliphatic carbocycles. The summed E-state index contributed by atoms with van der Waals surface area (Å²) < 4.78 is 0. The Balaban J connectivity index is 1.45. The zero-order chi connectivity index (χ0) is 23.1. The molecule has 0 amide bonds. The Morgan fingerprint density at radius 2 is 0.714 bits per heavy atom. The highest BCUT2D eigenvalue weighted by atomic mass is 14.6. The molecule has 0 heteroatoms. The van der Waals surface area contributed by atoms with E-state index in [0.29, 0.717) is 5.41 Å². The van der Waals surface area contributed by atoms with Gasteiger partial charge in [-0.05, 0) is 75.6 Å². The van der Waals surface area contributed by atoms with Crippen LogP contribution in [0.5, 0.6) is 0 Å². The van der Waals surface area contributed by atoms with Crippen molar-refractivity contribution in [2.45, 2.75) is 49.4 Å². The molecule has 0 N–H and O–H groups in total. The topological polar surface area (TPSA) is 0 Å². The first-order chi connectivity index (χ1) is 17.2. The van der Waals surface area contributed by atoms with Crippen LogP contribution in [0.15, 0.2) is 109 Å². The number of rotatable bonds is 0. The molecule has 0 saturated heterocycles. The smallest absolute Gasteiger partial charge is 0.0399 e. The summed E-state index contributed by atoms with van der Waals surface area (Å²) in [6.07, 6.45) is 13.2. The molecule has 0 aliphatic heterocycles. The van der Waals surface area contributed by atoms with Crippen molar-refractivity contribution in [3.63, 3.8) is 0 Å². The summed E-state index contributed by atoms with van der Waals surface area (Å²) in [7, 11) is 0. The zero-order valence-corrected chi connectivity index (χ0v) is 20.1. The molecule has 0 radical (unpaired) electrons. The fraction of sp³-hybridized carbons (Fsp3) is 0.257. The second-order valence-electron chi connectivity index (χ2n) is 11.5. The van der Waals surface area contributed by atoms with Gasteiger partial charge in [0.05, 0.1) is 0 Å². The van der Waals surface area contributed by atoms with Crippen LogP contribution in [0.1, 0.15) is 60.8 Å². The van der Waals surface area contributed by atoms with Crippen molar-refractivity contribution in [2.24, 2.45) is 5.41 Å². The van der Waals surface area contributed by atoms with Gasteiger partial charge in [0.1, 0.15) is 0 Å². The molecule has 170 valence electrons. The van der Waals surface area contributed by atoms with Gasteiger partial charge in [0.2, 0.25) is 0 Å². The van der Waals surface area contributed by atoms with Crippen LogP contribution in [0.4, 0.5) is 0 Å². The van der Waals surface area contributed by atoms with Crippen molar-refractivity contribution < 1.29 is 0 Å². The molecule has 1 saturated carbocycles. The van der Waals surface area contributed by atoms with E-state index in [0.717, 1.165) is 0 Å². The Kier molecular flexibility index (Phi) is 3.89. The molecule has 0 bridgehead atoms. The predicted octanol–water partition coefficient (Wildman–Crippen LogP) is 8.83. The first-order valence-corrected chi connectivity index (χ1v) is 13.3. The molecule has 0 atom stereocenters. The van der Waals surface area contributed by atoms with Crippen molar-refractivity contribution in [2.75, 3.05) is 0 Å². The van der Waals surface area contributed by atoms with Crippen molar-refractivity contribution in [3.8, 4) is 22.3 Å². The fourth-order valence-corrected chi connectivity index (χ4v) is 8.58. The van der Waals surface area contributed by atoms with E-state index in [-0.39, 0.29) is 10.8 Å². The Morgan fingerprint density at radius 1 is 0.400 bits per heavy atom. The SMILES string of the molecule is C1=CC2(CC3(CCCC3)CC13c1ccccc1-c1ccccc13)c1ccccc1-c1ccccc12. The van der Waals surface area contributed by atoms with Crippen molar-refractivity contribution in [3.05, 3.63) is 131 Å². The Bertz CT molecular complexity index is 1310. The fourth-order valence-electron chi connectivity index (χ4n) is 8.58. The van der Waals surface area contributed by atoms with Crippen LogP contribution in [0, 0.1) is 5.41 Å². The first-order valence-electron chi connectivity index (χ1n) is 13.3. The van der Waals surface area contributed by atoms with Crippen LogP contribution in [-0.4, -0.2) is 0 Å². The molecule has 4 aromatic carbocycles. The highest BCUT2D eigenvalue weighted by molar-refractivity contribution is 5.85. The maximum atomic E-state index is 2.66. The summed E-state index contributed by atoms with van der Waals surface area (Å²) >= 11 is 0. The van der Waals surface area contributed by atoms with E-state index in [1.807, 2.05) is 0 Å². The van der Waals surface area contributed by atoms with E-state index in [1.165, 1.54) is 83.0 Å². The third-order valence-electron chi connectivity index (χ3n) is 9.84. The van der Waals surface area contributed by atoms with Gasteiger partial charge in [-0.15, -0.1) is 0 Å². The average molecular weight is 451 g/mol. The van der Waals surface area contributed by atoms with Gasteiger partial charge >= 0.3 is 0 Å².